The van der Waals surface area contributed by atoms with Gasteiger partial charge in [0, 0.05) is 10.0 Å². The predicted molar refractivity (Wildman–Crippen MR) is 90.4 cm³/mol. The van der Waals surface area contributed by atoms with Gasteiger partial charge in [-0.3, -0.25) is 4.79 Å². The molecule has 3 rings (SSSR count). The molecule has 0 bridgehead atoms. The van der Waals surface area contributed by atoms with Crippen LogP contribution < -0.4 is 0 Å². The zero-order chi connectivity index (χ0) is 14.7. The molecular formula is C19H13BrO. The Kier molecular flexibility index (Phi) is 3.98. The second kappa shape index (κ2) is 6.06. The lowest BCUT2D eigenvalue weighted by Gasteiger charge is -2.05. The zero-order valence-corrected chi connectivity index (χ0v) is 12.9. The molecule has 0 fully saturated rings. The summed E-state index contributed by atoms with van der Waals surface area (Å²) in [5, 5.41) is 0. The topological polar surface area (TPSA) is 17.1 Å². The molecule has 3 aromatic rings. The molecule has 0 unspecified atom stereocenters. The van der Waals surface area contributed by atoms with Crippen molar-refractivity contribution in [3.8, 4) is 22.3 Å². The summed E-state index contributed by atoms with van der Waals surface area (Å²) in [5.74, 6) is 0. The van der Waals surface area contributed by atoms with Crippen LogP contribution in [0.2, 0.25) is 0 Å². The summed E-state index contributed by atoms with van der Waals surface area (Å²) in [4.78, 5) is 10.7. The van der Waals surface area contributed by atoms with Gasteiger partial charge in [0.25, 0.3) is 0 Å². The maximum absolute atomic E-state index is 10.7. The van der Waals surface area contributed by atoms with Crippen LogP contribution in [-0.2, 0) is 0 Å². The van der Waals surface area contributed by atoms with Gasteiger partial charge in [-0.1, -0.05) is 76.6 Å². The van der Waals surface area contributed by atoms with E-state index in [1.165, 1.54) is 11.1 Å². The van der Waals surface area contributed by atoms with E-state index in [2.05, 4.69) is 52.3 Å². The van der Waals surface area contributed by atoms with Crippen LogP contribution in [0.1, 0.15) is 10.4 Å². The number of hydrogen-bond acceptors (Lipinski definition) is 1. The van der Waals surface area contributed by atoms with Crippen molar-refractivity contribution in [1.82, 2.24) is 0 Å². The molecule has 0 radical (unpaired) electrons. The van der Waals surface area contributed by atoms with Crippen LogP contribution in [0.25, 0.3) is 22.3 Å². The molecule has 21 heavy (non-hydrogen) atoms. The molecule has 102 valence electrons. The van der Waals surface area contributed by atoms with Crippen molar-refractivity contribution in [3.05, 3.63) is 82.8 Å². The average Bonchev–Trinajstić information content (AvgIpc) is 2.56. The average molecular weight is 337 g/mol. The first-order valence-electron chi connectivity index (χ1n) is 6.68. The van der Waals surface area contributed by atoms with Gasteiger partial charge in [-0.15, -0.1) is 0 Å². The van der Waals surface area contributed by atoms with E-state index >= 15 is 0 Å². The van der Waals surface area contributed by atoms with E-state index in [4.69, 9.17) is 0 Å². The van der Waals surface area contributed by atoms with Gasteiger partial charge < -0.3 is 0 Å². The van der Waals surface area contributed by atoms with Crippen molar-refractivity contribution >= 4 is 22.2 Å². The summed E-state index contributed by atoms with van der Waals surface area (Å²) in [6.45, 7) is 0. The molecule has 2 heteroatoms. The number of carbonyl (C=O) groups is 1. The van der Waals surface area contributed by atoms with E-state index in [0.717, 1.165) is 21.9 Å². The minimum absolute atomic E-state index is 0.699. The van der Waals surface area contributed by atoms with Crippen LogP contribution >= 0.6 is 15.9 Å². The van der Waals surface area contributed by atoms with Crippen molar-refractivity contribution in [1.29, 1.82) is 0 Å². The van der Waals surface area contributed by atoms with Gasteiger partial charge in [-0.05, 0) is 34.4 Å². The molecule has 0 saturated carbocycles. The van der Waals surface area contributed by atoms with Gasteiger partial charge in [0.1, 0.15) is 6.29 Å². The van der Waals surface area contributed by atoms with Crippen LogP contribution in [-0.4, -0.2) is 6.29 Å². The van der Waals surface area contributed by atoms with Gasteiger partial charge in [-0.25, -0.2) is 0 Å². The lowest BCUT2D eigenvalue weighted by Crippen LogP contribution is -1.82. The summed E-state index contributed by atoms with van der Waals surface area (Å²) in [6, 6.07) is 24.3. The number of benzene rings is 3. The number of halogens is 1. The molecule has 0 aromatic heterocycles. The van der Waals surface area contributed by atoms with Crippen LogP contribution in [0.15, 0.2) is 77.3 Å². The molecular weight excluding hydrogens is 324 g/mol. The van der Waals surface area contributed by atoms with Crippen molar-refractivity contribution in [2.24, 2.45) is 0 Å². The Morgan fingerprint density at radius 2 is 0.905 bits per heavy atom. The fourth-order valence-electron chi connectivity index (χ4n) is 2.25. The normalized spacial score (nSPS) is 10.3. The molecule has 0 saturated heterocycles. The van der Waals surface area contributed by atoms with Crippen molar-refractivity contribution in [3.63, 3.8) is 0 Å². The molecule has 3 aromatic carbocycles. The van der Waals surface area contributed by atoms with Crippen molar-refractivity contribution in [2.45, 2.75) is 0 Å². The number of carbonyl (C=O) groups excluding carboxylic acids is 1. The highest BCUT2D eigenvalue weighted by Gasteiger charge is 2.01. The SMILES string of the molecule is O=Cc1ccc(-c2ccc(-c3ccc(Br)cc3)cc2)cc1. The van der Waals surface area contributed by atoms with Gasteiger partial charge in [0.15, 0.2) is 0 Å². The highest BCUT2D eigenvalue weighted by Crippen LogP contribution is 2.26. The highest BCUT2D eigenvalue weighted by atomic mass is 79.9. The first kappa shape index (κ1) is 13.8. The molecule has 0 amide bonds. The molecule has 0 aliphatic rings. The minimum Gasteiger partial charge on any atom is -0.298 e. The number of hydrogen-bond donors (Lipinski definition) is 0. The second-order valence-electron chi connectivity index (χ2n) is 4.82. The maximum atomic E-state index is 10.7. The Bertz CT molecular complexity index is 741. The third kappa shape index (κ3) is 3.11. The van der Waals surface area contributed by atoms with Crippen molar-refractivity contribution < 1.29 is 4.79 Å². The Hall–Kier alpha value is -2.19. The van der Waals surface area contributed by atoms with E-state index in [1.54, 1.807) is 0 Å². The summed E-state index contributed by atoms with van der Waals surface area (Å²) >= 11 is 3.45. The van der Waals surface area contributed by atoms with E-state index in [0.29, 0.717) is 5.56 Å². The largest absolute Gasteiger partial charge is 0.298 e. The van der Waals surface area contributed by atoms with Gasteiger partial charge in [-0.2, -0.15) is 0 Å². The zero-order valence-electron chi connectivity index (χ0n) is 11.3. The van der Waals surface area contributed by atoms with Crippen LogP contribution in [0.3, 0.4) is 0 Å². The van der Waals surface area contributed by atoms with E-state index in [-0.39, 0.29) is 0 Å². The van der Waals surface area contributed by atoms with Crippen LogP contribution in [0.4, 0.5) is 0 Å². The first-order chi connectivity index (χ1) is 10.3. The van der Waals surface area contributed by atoms with E-state index in [9.17, 15) is 4.79 Å². The first-order valence-corrected chi connectivity index (χ1v) is 7.47. The monoisotopic (exact) mass is 336 g/mol. The predicted octanol–water partition coefficient (Wildman–Crippen LogP) is 5.60. The quantitative estimate of drug-likeness (QED) is 0.569. The molecule has 0 spiro atoms. The Balaban J connectivity index is 1.89. The van der Waals surface area contributed by atoms with Gasteiger partial charge >= 0.3 is 0 Å². The standard InChI is InChI=1S/C19H13BrO/c20-19-11-9-18(10-12-19)17-7-5-16(6-8-17)15-3-1-14(13-21)2-4-15/h1-13H. The van der Waals surface area contributed by atoms with E-state index < -0.39 is 0 Å². The third-order valence-corrected chi connectivity index (χ3v) is 3.97. The van der Waals surface area contributed by atoms with Gasteiger partial charge in [0.2, 0.25) is 0 Å². The maximum Gasteiger partial charge on any atom is 0.150 e. The molecule has 0 atom stereocenters. The van der Waals surface area contributed by atoms with E-state index in [1.807, 2.05) is 36.4 Å². The van der Waals surface area contributed by atoms with Crippen molar-refractivity contribution in [2.75, 3.05) is 0 Å². The molecule has 1 nitrogen and oxygen atoms in total. The summed E-state index contributed by atoms with van der Waals surface area (Å²) in [6.07, 6.45) is 0.862. The Morgan fingerprint density at radius 3 is 1.29 bits per heavy atom. The Labute approximate surface area is 132 Å². The number of aldehydes is 1. The lowest BCUT2D eigenvalue weighted by molar-refractivity contribution is 0.112. The molecule has 0 aliphatic carbocycles. The Morgan fingerprint density at radius 1 is 0.571 bits per heavy atom. The smallest absolute Gasteiger partial charge is 0.150 e. The summed E-state index contributed by atoms with van der Waals surface area (Å²) in [7, 11) is 0. The number of rotatable bonds is 3. The van der Waals surface area contributed by atoms with Gasteiger partial charge in [0.05, 0.1) is 0 Å². The molecule has 0 N–H and O–H groups in total. The van der Waals surface area contributed by atoms with Crippen LogP contribution in [0, 0.1) is 0 Å². The molecule has 0 heterocycles. The fraction of sp³-hybridized carbons (Fsp3) is 0. The fourth-order valence-corrected chi connectivity index (χ4v) is 2.52. The summed E-state index contributed by atoms with van der Waals surface area (Å²) in [5.41, 5.74) is 5.35. The lowest BCUT2D eigenvalue weighted by atomic mass is 10.00. The highest BCUT2D eigenvalue weighted by molar-refractivity contribution is 9.10. The molecule has 0 aliphatic heterocycles. The van der Waals surface area contributed by atoms with Crippen LogP contribution in [0.5, 0.6) is 0 Å². The summed E-state index contributed by atoms with van der Waals surface area (Å²) < 4.78 is 1.08. The third-order valence-electron chi connectivity index (χ3n) is 3.44. The second-order valence-corrected chi connectivity index (χ2v) is 5.74. The minimum atomic E-state index is 0.699.